The Morgan fingerprint density at radius 1 is 1.24 bits per heavy atom. The van der Waals surface area contributed by atoms with Gasteiger partial charge in [0.2, 0.25) is 5.91 Å². The molecule has 5 nitrogen and oxygen atoms in total. The summed E-state index contributed by atoms with van der Waals surface area (Å²) < 4.78 is 4.98. The van der Waals surface area contributed by atoms with Crippen LogP contribution in [0.2, 0.25) is 0 Å². The van der Waals surface area contributed by atoms with E-state index in [1.807, 2.05) is 4.90 Å². The van der Waals surface area contributed by atoms with Crippen molar-refractivity contribution in [2.45, 2.75) is 25.3 Å². The third-order valence-corrected chi connectivity index (χ3v) is 5.05. The van der Waals surface area contributed by atoms with Gasteiger partial charge in [-0.2, -0.15) is 0 Å². The number of ether oxygens (including phenoxy) is 1. The SMILES string of the molecule is COCC(N)C(=O)N1CCC(CN2CCc3ccccc32)CC1.Cl.Cl. The van der Waals surface area contributed by atoms with Gasteiger partial charge >= 0.3 is 0 Å². The van der Waals surface area contributed by atoms with Crippen LogP contribution >= 0.6 is 24.8 Å². The first-order valence-electron chi connectivity index (χ1n) is 8.55. The van der Waals surface area contributed by atoms with Crippen molar-refractivity contribution in [3.05, 3.63) is 29.8 Å². The van der Waals surface area contributed by atoms with E-state index in [1.54, 1.807) is 7.11 Å². The van der Waals surface area contributed by atoms with Gasteiger partial charge in [0.1, 0.15) is 6.04 Å². The summed E-state index contributed by atoms with van der Waals surface area (Å²) in [6.07, 6.45) is 3.27. The maximum Gasteiger partial charge on any atom is 0.241 e. The van der Waals surface area contributed by atoms with E-state index in [0.29, 0.717) is 12.5 Å². The van der Waals surface area contributed by atoms with Crippen molar-refractivity contribution in [1.82, 2.24) is 4.90 Å². The topological polar surface area (TPSA) is 58.8 Å². The molecule has 1 aromatic carbocycles. The Labute approximate surface area is 162 Å². The number of hydrogen-bond donors (Lipinski definition) is 1. The largest absolute Gasteiger partial charge is 0.383 e. The number of rotatable bonds is 5. The van der Waals surface area contributed by atoms with Crippen LogP contribution in [0.15, 0.2) is 24.3 Å². The van der Waals surface area contributed by atoms with Crippen molar-refractivity contribution in [3.8, 4) is 0 Å². The lowest BCUT2D eigenvalue weighted by Crippen LogP contribution is -2.49. The third kappa shape index (κ3) is 5.23. The molecule has 1 amide bonds. The number of benzene rings is 1. The van der Waals surface area contributed by atoms with Gasteiger partial charge in [-0.25, -0.2) is 0 Å². The minimum atomic E-state index is -0.526. The lowest BCUT2D eigenvalue weighted by atomic mass is 9.95. The second-order valence-electron chi connectivity index (χ2n) is 6.66. The van der Waals surface area contributed by atoms with Crippen LogP contribution in [0, 0.1) is 5.92 Å². The van der Waals surface area contributed by atoms with Crippen molar-refractivity contribution in [1.29, 1.82) is 0 Å². The number of nitrogens with two attached hydrogens (primary N) is 1. The normalized spacial score (nSPS) is 18.2. The number of hydrogen-bond acceptors (Lipinski definition) is 4. The molecule has 1 atom stereocenters. The molecule has 1 unspecified atom stereocenters. The van der Waals surface area contributed by atoms with Crippen LogP contribution in [-0.4, -0.2) is 56.7 Å². The summed E-state index contributed by atoms with van der Waals surface area (Å²) in [4.78, 5) is 16.6. The molecule has 0 saturated carbocycles. The number of amides is 1. The van der Waals surface area contributed by atoms with Crippen LogP contribution in [0.4, 0.5) is 5.69 Å². The Morgan fingerprint density at radius 3 is 2.60 bits per heavy atom. The highest BCUT2D eigenvalue weighted by molar-refractivity contribution is 5.85. The molecular weight excluding hydrogens is 361 g/mol. The number of para-hydroxylation sites is 1. The van der Waals surface area contributed by atoms with E-state index in [-0.39, 0.29) is 30.7 Å². The van der Waals surface area contributed by atoms with E-state index in [9.17, 15) is 4.79 Å². The van der Waals surface area contributed by atoms with Crippen LogP contribution in [0.1, 0.15) is 18.4 Å². The predicted octanol–water partition coefficient (Wildman–Crippen LogP) is 2.11. The first-order chi connectivity index (χ1) is 11.2. The lowest BCUT2D eigenvalue weighted by molar-refractivity contribution is -0.135. The Balaban J connectivity index is 0.00000156. The average Bonchev–Trinajstić information content (AvgIpc) is 2.98. The van der Waals surface area contributed by atoms with Gasteiger partial charge in [-0.1, -0.05) is 18.2 Å². The predicted molar refractivity (Wildman–Crippen MR) is 106 cm³/mol. The smallest absolute Gasteiger partial charge is 0.241 e. The van der Waals surface area contributed by atoms with Crippen LogP contribution in [0.5, 0.6) is 0 Å². The Hall–Kier alpha value is -1.01. The van der Waals surface area contributed by atoms with Crippen LogP contribution < -0.4 is 10.6 Å². The van der Waals surface area contributed by atoms with Gasteiger partial charge < -0.3 is 20.3 Å². The first-order valence-corrected chi connectivity index (χ1v) is 8.55. The molecule has 0 bridgehead atoms. The molecule has 25 heavy (non-hydrogen) atoms. The first kappa shape index (κ1) is 22.0. The zero-order chi connectivity index (χ0) is 16.2. The fourth-order valence-electron chi connectivity index (χ4n) is 3.73. The number of nitrogens with zero attached hydrogens (tertiary/aromatic N) is 2. The molecule has 2 aliphatic heterocycles. The zero-order valence-electron chi connectivity index (χ0n) is 14.7. The minimum absolute atomic E-state index is 0. The quantitative estimate of drug-likeness (QED) is 0.837. The number of carbonyl (C=O) groups is 1. The van der Waals surface area contributed by atoms with Crippen molar-refractivity contribution < 1.29 is 9.53 Å². The summed E-state index contributed by atoms with van der Waals surface area (Å²) in [5.41, 5.74) is 8.71. The molecule has 1 saturated heterocycles. The highest BCUT2D eigenvalue weighted by atomic mass is 35.5. The van der Waals surface area contributed by atoms with Crippen molar-refractivity contribution in [2.75, 3.05) is 44.8 Å². The maximum atomic E-state index is 12.2. The standard InChI is InChI=1S/C18H27N3O2.2ClH/c1-23-13-16(19)18(22)20-9-6-14(7-10-20)12-21-11-8-15-4-2-3-5-17(15)21;;/h2-5,14,16H,6-13,19H2,1H3;2*1H. The zero-order valence-corrected chi connectivity index (χ0v) is 16.4. The highest BCUT2D eigenvalue weighted by Crippen LogP contribution is 2.30. The fraction of sp³-hybridized carbons (Fsp3) is 0.611. The fourth-order valence-corrected chi connectivity index (χ4v) is 3.73. The van der Waals surface area contributed by atoms with E-state index in [4.69, 9.17) is 10.5 Å². The van der Waals surface area contributed by atoms with Gasteiger partial charge in [-0.3, -0.25) is 4.79 Å². The number of halogens is 2. The summed E-state index contributed by atoms with van der Waals surface area (Å²) in [5.74, 6) is 0.681. The molecule has 2 heterocycles. The number of piperidine rings is 1. The highest BCUT2D eigenvalue weighted by Gasteiger charge is 2.28. The Bertz CT molecular complexity index is 551. The van der Waals surface area contributed by atoms with Gasteiger partial charge in [0, 0.05) is 39.0 Å². The molecule has 0 spiro atoms. The van der Waals surface area contributed by atoms with Crippen LogP contribution in [-0.2, 0) is 16.0 Å². The van der Waals surface area contributed by atoms with Gasteiger partial charge in [-0.05, 0) is 36.8 Å². The molecule has 0 aliphatic carbocycles. The van der Waals surface area contributed by atoms with E-state index < -0.39 is 6.04 Å². The van der Waals surface area contributed by atoms with E-state index >= 15 is 0 Å². The second kappa shape index (κ2) is 10.2. The van der Waals surface area contributed by atoms with Crippen molar-refractivity contribution in [3.63, 3.8) is 0 Å². The molecule has 2 N–H and O–H groups in total. The monoisotopic (exact) mass is 389 g/mol. The lowest BCUT2D eigenvalue weighted by Gasteiger charge is -2.35. The maximum absolute atomic E-state index is 12.2. The van der Waals surface area contributed by atoms with Gasteiger partial charge in [-0.15, -0.1) is 24.8 Å². The Morgan fingerprint density at radius 2 is 1.92 bits per heavy atom. The molecule has 0 aromatic heterocycles. The number of likely N-dealkylation sites (tertiary alicyclic amines) is 1. The molecule has 142 valence electrons. The van der Waals surface area contributed by atoms with Gasteiger partial charge in [0.25, 0.3) is 0 Å². The number of carbonyl (C=O) groups excluding carboxylic acids is 1. The van der Waals surface area contributed by atoms with Crippen molar-refractivity contribution in [2.24, 2.45) is 11.7 Å². The van der Waals surface area contributed by atoms with Gasteiger partial charge in [0.05, 0.1) is 6.61 Å². The molecule has 7 heteroatoms. The molecule has 0 radical (unpaired) electrons. The molecule has 2 aliphatic rings. The third-order valence-electron chi connectivity index (χ3n) is 5.05. The van der Waals surface area contributed by atoms with Gasteiger partial charge in [0.15, 0.2) is 0 Å². The summed E-state index contributed by atoms with van der Waals surface area (Å²) >= 11 is 0. The number of methoxy groups -OCH3 is 1. The molecule has 1 fully saturated rings. The Kier molecular flexibility index (Phi) is 9.00. The summed E-state index contributed by atoms with van der Waals surface area (Å²) in [5, 5.41) is 0. The van der Waals surface area contributed by atoms with Crippen LogP contribution in [0.25, 0.3) is 0 Å². The molecule has 3 rings (SSSR count). The summed E-state index contributed by atoms with van der Waals surface area (Å²) in [6.45, 7) is 4.15. The molecule has 1 aromatic rings. The van der Waals surface area contributed by atoms with Crippen molar-refractivity contribution >= 4 is 36.4 Å². The second-order valence-corrected chi connectivity index (χ2v) is 6.66. The molecular formula is C18H29Cl2N3O2. The number of anilines is 1. The van der Waals surface area contributed by atoms with E-state index in [0.717, 1.165) is 45.4 Å². The summed E-state index contributed by atoms with van der Waals surface area (Å²) in [6, 6.07) is 8.17. The minimum Gasteiger partial charge on any atom is -0.383 e. The average molecular weight is 390 g/mol. The van der Waals surface area contributed by atoms with E-state index in [1.165, 1.54) is 11.3 Å². The van der Waals surface area contributed by atoms with Crippen LogP contribution in [0.3, 0.4) is 0 Å². The van der Waals surface area contributed by atoms with E-state index in [2.05, 4.69) is 29.2 Å². The number of fused-ring (bicyclic) bond motifs is 1. The summed E-state index contributed by atoms with van der Waals surface area (Å²) in [7, 11) is 1.58.